The number of hydrogen-bond donors (Lipinski definition) is 1. The van der Waals surface area contributed by atoms with Crippen LogP contribution in [0.4, 0.5) is 17.1 Å². The molecule has 0 spiro atoms. The van der Waals surface area contributed by atoms with Gasteiger partial charge in [-0.05, 0) is 24.1 Å². The number of nitrogens with zero attached hydrogens (tertiary/aromatic N) is 3. The molecule has 0 atom stereocenters. The maximum Gasteiger partial charge on any atom is 0.301 e. The molecule has 0 heterocycles. The number of fused-ring (bicyclic) bond motifs is 1. The van der Waals surface area contributed by atoms with Crippen molar-refractivity contribution in [2.45, 2.75) is 13.3 Å². The lowest BCUT2D eigenvalue weighted by atomic mass is 9.83. The highest BCUT2D eigenvalue weighted by Crippen LogP contribution is 2.30. The Hall–Kier alpha value is -3.29. The molecular weight excluding hydrogens is 300 g/mol. The molecule has 8 nitrogen and oxygen atoms in total. The number of non-ortho nitro benzene ring substituents is 1. The standard InChI is InChI=1S/C15H12N4O4/c1-9-3-2-4-10-7-13(15(9)10)17-16-12-6-5-11(18(20)21)8-14(12)19(22)23/h2-6,8,16H,7H2,1H3/b17-13+. The van der Waals surface area contributed by atoms with Crippen molar-refractivity contribution in [3.05, 3.63) is 73.3 Å². The van der Waals surface area contributed by atoms with E-state index in [1.807, 2.05) is 25.1 Å². The summed E-state index contributed by atoms with van der Waals surface area (Å²) in [6, 6.07) is 9.37. The summed E-state index contributed by atoms with van der Waals surface area (Å²) >= 11 is 0. The maximum atomic E-state index is 11.1. The number of benzene rings is 2. The zero-order valence-electron chi connectivity index (χ0n) is 12.1. The van der Waals surface area contributed by atoms with Crippen molar-refractivity contribution in [1.29, 1.82) is 0 Å². The first-order valence-corrected chi connectivity index (χ1v) is 6.81. The molecule has 0 radical (unpaired) electrons. The largest absolute Gasteiger partial charge is 0.301 e. The van der Waals surface area contributed by atoms with E-state index in [-0.39, 0.29) is 17.1 Å². The summed E-state index contributed by atoms with van der Waals surface area (Å²) < 4.78 is 0. The third-order valence-corrected chi connectivity index (χ3v) is 3.71. The van der Waals surface area contributed by atoms with Crippen molar-refractivity contribution in [3.63, 3.8) is 0 Å². The zero-order valence-corrected chi connectivity index (χ0v) is 12.1. The predicted octanol–water partition coefficient (Wildman–Crippen LogP) is 3.18. The average molecular weight is 312 g/mol. The van der Waals surface area contributed by atoms with Gasteiger partial charge in [0.1, 0.15) is 5.69 Å². The number of rotatable bonds is 4. The molecule has 116 valence electrons. The number of hydrazone groups is 1. The first-order valence-electron chi connectivity index (χ1n) is 6.81. The van der Waals surface area contributed by atoms with Gasteiger partial charge < -0.3 is 0 Å². The summed E-state index contributed by atoms with van der Waals surface area (Å²) in [5.74, 6) is 0. The molecule has 2 aromatic rings. The molecule has 0 unspecified atom stereocenters. The SMILES string of the molecule is Cc1cccc2c1/C(=N/Nc1ccc([N+](=O)[O-])cc1[N+](=O)[O-])C2. The molecule has 1 aliphatic carbocycles. The molecule has 0 saturated carbocycles. The summed E-state index contributed by atoms with van der Waals surface area (Å²) in [7, 11) is 0. The lowest BCUT2D eigenvalue weighted by Gasteiger charge is -2.23. The summed E-state index contributed by atoms with van der Waals surface area (Å²) in [6.07, 6.45) is 0.685. The smallest absolute Gasteiger partial charge is 0.271 e. The number of nitro groups is 2. The van der Waals surface area contributed by atoms with Gasteiger partial charge in [-0.25, -0.2) is 0 Å². The van der Waals surface area contributed by atoms with Crippen molar-refractivity contribution in [2.24, 2.45) is 5.10 Å². The Morgan fingerprint density at radius 1 is 1.13 bits per heavy atom. The van der Waals surface area contributed by atoms with E-state index in [9.17, 15) is 20.2 Å². The van der Waals surface area contributed by atoms with Gasteiger partial charge in [0.2, 0.25) is 0 Å². The molecule has 2 aromatic carbocycles. The van der Waals surface area contributed by atoms with Crippen molar-refractivity contribution in [1.82, 2.24) is 0 Å². The molecule has 0 fully saturated rings. The van der Waals surface area contributed by atoms with Crippen LogP contribution in [0.5, 0.6) is 0 Å². The minimum Gasteiger partial charge on any atom is -0.271 e. The van der Waals surface area contributed by atoms with E-state index >= 15 is 0 Å². The van der Waals surface area contributed by atoms with E-state index in [0.29, 0.717) is 6.42 Å². The predicted molar refractivity (Wildman–Crippen MR) is 84.8 cm³/mol. The lowest BCUT2D eigenvalue weighted by Crippen LogP contribution is -2.22. The minimum absolute atomic E-state index is 0.120. The van der Waals surface area contributed by atoms with Crippen LogP contribution in [0.15, 0.2) is 41.5 Å². The van der Waals surface area contributed by atoms with Crippen LogP contribution in [-0.4, -0.2) is 15.6 Å². The van der Waals surface area contributed by atoms with Crippen molar-refractivity contribution in [2.75, 3.05) is 5.43 Å². The van der Waals surface area contributed by atoms with Gasteiger partial charge in [-0.15, -0.1) is 0 Å². The lowest BCUT2D eigenvalue weighted by molar-refractivity contribution is -0.393. The number of nitrogens with one attached hydrogen (secondary N) is 1. The molecule has 0 amide bonds. The first kappa shape index (κ1) is 14.6. The van der Waals surface area contributed by atoms with E-state index in [4.69, 9.17) is 0 Å². The highest BCUT2D eigenvalue weighted by atomic mass is 16.6. The molecule has 1 aliphatic rings. The Morgan fingerprint density at radius 3 is 2.57 bits per heavy atom. The van der Waals surface area contributed by atoms with Gasteiger partial charge in [0, 0.05) is 18.1 Å². The van der Waals surface area contributed by atoms with Crippen molar-refractivity contribution >= 4 is 22.8 Å². The molecular formula is C15H12N4O4. The third kappa shape index (κ3) is 2.61. The van der Waals surface area contributed by atoms with E-state index in [0.717, 1.165) is 22.9 Å². The van der Waals surface area contributed by atoms with Gasteiger partial charge in [0.15, 0.2) is 0 Å². The summed E-state index contributed by atoms with van der Waals surface area (Å²) in [5, 5.41) is 26.0. The zero-order chi connectivity index (χ0) is 16.6. The topological polar surface area (TPSA) is 111 Å². The van der Waals surface area contributed by atoms with E-state index in [1.165, 1.54) is 17.7 Å². The van der Waals surface area contributed by atoms with Gasteiger partial charge in [0.05, 0.1) is 21.6 Å². The van der Waals surface area contributed by atoms with Crippen LogP contribution in [0, 0.1) is 27.2 Å². The van der Waals surface area contributed by atoms with Gasteiger partial charge in [-0.2, -0.15) is 5.10 Å². The molecule has 0 aliphatic heterocycles. The van der Waals surface area contributed by atoms with Crippen molar-refractivity contribution < 1.29 is 9.85 Å². The monoisotopic (exact) mass is 312 g/mol. The molecule has 3 rings (SSSR count). The average Bonchev–Trinajstić information content (AvgIpc) is 2.48. The number of nitro benzene ring substituents is 2. The Balaban J connectivity index is 1.90. The normalized spacial score (nSPS) is 14.0. The fourth-order valence-corrected chi connectivity index (χ4v) is 2.55. The molecule has 1 N–H and O–H groups in total. The van der Waals surface area contributed by atoms with E-state index in [1.54, 1.807) is 0 Å². The second-order valence-corrected chi connectivity index (χ2v) is 5.17. The Kier molecular flexibility index (Phi) is 3.49. The van der Waals surface area contributed by atoms with E-state index < -0.39 is 9.85 Å². The van der Waals surface area contributed by atoms with Crippen LogP contribution in [0.3, 0.4) is 0 Å². The van der Waals surface area contributed by atoms with Crippen LogP contribution in [0.2, 0.25) is 0 Å². The fourth-order valence-electron chi connectivity index (χ4n) is 2.55. The van der Waals surface area contributed by atoms with Gasteiger partial charge in [0.25, 0.3) is 5.69 Å². The van der Waals surface area contributed by atoms with Crippen LogP contribution >= 0.6 is 0 Å². The Morgan fingerprint density at radius 2 is 1.91 bits per heavy atom. The third-order valence-electron chi connectivity index (χ3n) is 3.71. The second kappa shape index (κ2) is 5.48. The summed E-state index contributed by atoms with van der Waals surface area (Å²) in [6.45, 7) is 1.97. The highest BCUT2D eigenvalue weighted by molar-refractivity contribution is 6.11. The molecule has 23 heavy (non-hydrogen) atoms. The maximum absolute atomic E-state index is 11.1. The van der Waals surface area contributed by atoms with Crippen LogP contribution in [-0.2, 0) is 6.42 Å². The van der Waals surface area contributed by atoms with Crippen LogP contribution in [0.1, 0.15) is 16.7 Å². The van der Waals surface area contributed by atoms with Crippen LogP contribution < -0.4 is 5.43 Å². The quantitative estimate of drug-likeness (QED) is 0.688. The second-order valence-electron chi connectivity index (χ2n) is 5.17. The minimum atomic E-state index is -0.672. The van der Waals surface area contributed by atoms with Crippen LogP contribution in [0.25, 0.3) is 0 Å². The number of hydrogen-bond acceptors (Lipinski definition) is 6. The number of aryl methyl sites for hydroxylation is 1. The van der Waals surface area contributed by atoms with Gasteiger partial charge in [-0.3, -0.25) is 25.7 Å². The molecule has 8 heteroatoms. The summed E-state index contributed by atoms with van der Waals surface area (Å²) in [5.41, 5.74) is 6.19. The highest BCUT2D eigenvalue weighted by Gasteiger charge is 2.24. The van der Waals surface area contributed by atoms with E-state index in [2.05, 4.69) is 10.5 Å². The Bertz CT molecular complexity index is 846. The fraction of sp³-hybridized carbons (Fsp3) is 0.133. The van der Waals surface area contributed by atoms with Gasteiger partial charge in [-0.1, -0.05) is 18.2 Å². The molecule has 0 bridgehead atoms. The molecule has 0 aromatic heterocycles. The van der Waals surface area contributed by atoms with Gasteiger partial charge >= 0.3 is 5.69 Å². The first-order chi connectivity index (χ1) is 11.0. The molecule has 0 saturated heterocycles. The van der Waals surface area contributed by atoms with Crippen molar-refractivity contribution in [3.8, 4) is 0 Å². The summed E-state index contributed by atoms with van der Waals surface area (Å²) in [4.78, 5) is 20.4. The Labute approximate surface area is 130 Å². The number of anilines is 1.